The molecule has 0 aliphatic carbocycles. The van der Waals surface area contributed by atoms with E-state index in [1.54, 1.807) is 13.2 Å². The maximum atomic E-state index is 11.1. The third-order valence-electron chi connectivity index (χ3n) is 3.30. The molecule has 128 valence electrons. The van der Waals surface area contributed by atoms with E-state index in [4.69, 9.17) is 19.3 Å². The maximum absolute atomic E-state index is 11.1. The Bertz CT molecular complexity index is 729. The lowest BCUT2D eigenvalue weighted by Crippen LogP contribution is -2.06. The fourth-order valence-electron chi connectivity index (χ4n) is 2.15. The van der Waals surface area contributed by atoms with Crippen molar-refractivity contribution in [3.05, 3.63) is 50.4 Å². The SMILES string of the molecule is COc1ccc(COc2c(CC(=O)O)cc(Br)c(OC)c2Br)cc1. The van der Waals surface area contributed by atoms with E-state index < -0.39 is 5.97 Å². The Morgan fingerprint density at radius 2 is 1.75 bits per heavy atom. The highest BCUT2D eigenvalue weighted by molar-refractivity contribution is 9.11. The first-order valence-electron chi connectivity index (χ1n) is 6.98. The van der Waals surface area contributed by atoms with Gasteiger partial charge in [0.2, 0.25) is 0 Å². The Balaban J connectivity index is 2.30. The van der Waals surface area contributed by atoms with Crippen LogP contribution in [0.1, 0.15) is 11.1 Å². The number of rotatable bonds is 7. The second kappa shape index (κ2) is 8.39. The Labute approximate surface area is 156 Å². The van der Waals surface area contributed by atoms with E-state index in [2.05, 4.69) is 31.9 Å². The first-order valence-corrected chi connectivity index (χ1v) is 8.57. The molecule has 0 fully saturated rings. The highest BCUT2D eigenvalue weighted by Gasteiger charge is 2.19. The van der Waals surface area contributed by atoms with Crippen molar-refractivity contribution in [1.82, 2.24) is 0 Å². The molecule has 0 amide bonds. The summed E-state index contributed by atoms with van der Waals surface area (Å²) in [7, 11) is 3.14. The summed E-state index contributed by atoms with van der Waals surface area (Å²) >= 11 is 6.81. The molecule has 0 saturated heterocycles. The van der Waals surface area contributed by atoms with E-state index in [-0.39, 0.29) is 6.42 Å². The number of ether oxygens (including phenoxy) is 3. The molecule has 2 aromatic rings. The molecule has 7 heteroatoms. The molecule has 0 unspecified atom stereocenters. The van der Waals surface area contributed by atoms with Gasteiger partial charge in [-0.2, -0.15) is 0 Å². The molecular weight excluding hydrogens is 444 g/mol. The zero-order chi connectivity index (χ0) is 17.7. The summed E-state index contributed by atoms with van der Waals surface area (Å²) in [6, 6.07) is 9.16. The average Bonchev–Trinajstić information content (AvgIpc) is 2.54. The monoisotopic (exact) mass is 458 g/mol. The fraction of sp³-hybridized carbons (Fsp3) is 0.235. The molecule has 2 aromatic carbocycles. The minimum absolute atomic E-state index is 0.154. The molecule has 0 aliphatic heterocycles. The molecule has 0 saturated carbocycles. The molecule has 0 atom stereocenters. The summed E-state index contributed by atoms with van der Waals surface area (Å²) in [5, 5.41) is 9.11. The van der Waals surface area contributed by atoms with Gasteiger partial charge in [-0.05, 0) is 55.6 Å². The van der Waals surface area contributed by atoms with Gasteiger partial charge in [0.1, 0.15) is 22.6 Å². The van der Waals surface area contributed by atoms with E-state index >= 15 is 0 Å². The zero-order valence-corrected chi connectivity index (χ0v) is 16.3. The Morgan fingerprint density at radius 1 is 1.08 bits per heavy atom. The third kappa shape index (κ3) is 4.42. The Morgan fingerprint density at radius 3 is 2.29 bits per heavy atom. The summed E-state index contributed by atoms with van der Waals surface area (Å²) in [5.74, 6) is 0.826. The van der Waals surface area contributed by atoms with Crippen LogP contribution in [0.15, 0.2) is 39.3 Å². The molecule has 0 bridgehead atoms. The topological polar surface area (TPSA) is 65.0 Å². The highest BCUT2D eigenvalue weighted by Crippen LogP contribution is 2.43. The van der Waals surface area contributed by atoms with Crippen LogP contribution in [0.2, 0.25) is 0 Å². The first kappa shape index (κ1) is 18.6. The van der Waals surface area contributed by atoms with Crippen LogP contribution >= 0.6 is 31.9 Å². The van der Waals surface area contributed by atoms with Crippen LogP contribution in [-0.4, -0.2) is 25.3 Å². The second-order valence-corrected chi connectivity index (χ2v) is 6.55. The summed E-state index contributed by atoms with van der Waals surface area (Å²) in [5.41, 5.74) is 1.49. The molecule has 1 N–H and O–H groups in total. The van der Waals surface area contributed by atoms with E-state index in [0.717, 1.165) is 11.3 Å². The van der Waals surface area contributed by atoms with Gasteiger partial charge in [-0.3, -0.25) is 4.79 Å². The number of benzene rings is 2. The van der Waals surface area contributed by atoms with E-state index in [1.165, 1.54) is 7.11 Å². The Kier molecular flexibility index (Phi) is 6.51. The van der Waals surface area contributed by atoms with Gasteiger partial charge in [0.15, 0.2) is 5.75 Å². The molecule has 0 aliphatic rings. The predicted octanol–water partition coefficient (Wildman–Crippen LogP) is 4.43. The van der Waals surface area contributed by atoms with Gasteiger partial charge in [0, 0.05) is 5.56 Å². The van der Waals surface area contributed by atoms with E-state index in [0.29, 0.717) is 32.6 Å². The van der Waals surface area contributed by atoms with Crippen molar-refractivity contribution in [3.8, 4) is 17.2 Å². The van der Waals surface area contributed by atoms with Crippen molar-refractivity contribution in [2.24, 2.45) is 0 Å². The minimum Gasteiger partial charge on any atom is -0.497 e. The predicted molar refractivity (Wildman–Crippen MR) is 97.1 cm³/mol. The van der Waals surface area contributed by atoms with Crippen LogP contribution in [0.25, 0.3) is 0 Å². The molecule has 2 rings (SSSR count). The number of carbonyl (C=O) groups is 1. The van der Waals surface area contributed by atoms with Gasteiger partial charge < -0.3 is 19.3 Å². The third-order valence-corrected chi connectivity index (χ3v) is 4.61. The van der Waals surface area contributed by atoms with Gasteiger partial charge >= 0.3 is 5.97 Å². The lowest BCUT2D eigenvalue weighted by atomic mass is 10.1. The summed E-state index contributed by atoms with van der Waals surface area (Å²) in [4.78, 5) is 11.1. The quantitative estimate of drug-likeness (QED) is 0.663. The lowest BCUT2D eigenvalue weighted by Gasteiger charge is -2.16. The molecule has 0 radical (unpaired) electrons. The van der Waals surface area contributed by atoms with Gasteiger partial charge in [-0.1, -0.05) is 12.1 Å². The molecule has 0 aromatic heterocycles. The minimum atomic E-state index is -0.937. The van der Waals surface area contributed by atoms with Gasteiger partial charge in [0.05, 0.1) is 25.1 Å². The van der Waals surface area contributed by atoms with Gasteiger partial charge in [0.25, 0.3) is 0 Å². The van der Waals surface area contributed by atoms with Crippen LogP contribution < -0.4 is 14.2 Å². The standard InChI is InChI=1S/C17H16Br2O5/c1-22-12-5-3-10(4-6-12)9-24-16-11(8-14(20)21)7-13(18)17(23-2)15(16)19/h3-7H,8-9H2,1-2H3,(H,20,21). The number of carboxylic acid groups (broad SMARTS) is 1. The average molecular weight is 460 g/mol. The largest absolute Gasteiger partial charge is 0.497 e. The highest BCUT2D eigenvalue weighted by atomic mass is 79.9. The zero-order valence-electron chi connectivity index (χ0n) is 13.1. The van der Waals surface area contributed by atoms with Crippen molar-refractivity contribution < 1.29 is 24.1 Å². The van der Waals surface area contributed by atoms with Crippen molar-refractivity contribution in [1.29, 1.82) is 0 Å². The summed E-state index contributed by atoms with van der Waals surface area (Å²) in [6.45, 7) is 0.292. The summed E-state index contributed by atoms with van der Waals surface area (Å²) in [6.07, 6.45) is -0.154. The number of hydrogen-bond donors (Lipinski definition) is 1. The lowest BCUT2D eigenvalue weighted by molar-refractivity contribution is -0.136. The van der Waals surface area contributed by atoms with Gasteiger partial charge in [-0.25, -0.2) is 0 Å². The molecular formula is C17H16Br2O5. The fourth-order valence-corrected chi connectivity index (χ4v) is 3.79. The molecule has 0 spiro atoms. The van der Waals surface area contributed by atoms with Crippen LogP contribution in [0, 0.1) is 0 Å². The van der Waals surface area contributed by atoms with E-state index in [1.807, 2.05) is 24.3 Å². The number of aliphatic carboxylic acids is 1. The maximum Gasteiger partial charge on any atom is 0.307 e. The Hall–Kier alpha value is -1.73. The molecule has 5 nitrogen and oxygen atoms in total. The van der Waals surface area contributed by atoms with E-state index in [9.17, 15) is 4.79 Å². The number of carboxylic acids is 1. The summed E-state index contributed by atoms with van der Waals surface area (Å²) < 4.78 is 17.5. The van der Waals surface area contributed by atoms with Gasteiger partial charge in [-0.15, -0.1) is 0 Å². The van der Waals surface area contributed by atoms with Crippen LogP contribution in [0.5, 0.6) is 17.2 Å². The van der Waals surface area contributed by atoms with Crippen molar-refractivity contribution in [3.63, 3.8) is 0 Å². The second-order valence-electron chi connectivity index (χ2n) is 4.90. The van der Waals surface area contributed by atoms with Crippen LogP contribution in [-0.2, 0) is 17.8 Å². The number of halogens is 2. The van der Waals surface area contributed by atoms with Crippen LogP contribution in [0.4, 0.5) is 0 Å². The van der Waals surface area contributed by atoms with Crippen molar-refractivity contribution in [2.75, 3.05) is 14.2 Å². The smallest absolute Gasteiger partial charge is 0.307 e. The van der Waals surface area contributed by atoms with Crippen molar-refractivity contribution >= 4 is 37.8 Å². The number of hydrogen-bond acceptors (Lipinski definition) is 4. The molecule has 24 heavy (non-hydrogen) atoms. The first-order chi connectivity index (χ1) is 11.5. The number of methoxy groups -OCH3 is 2. The van der Waals surface area contributed by atoms with Crippen molar-refractivity contribution in [2.45, 2.75) is 13.0 Å². The molecule has 0 heterocycles. The normalized spacial score (nSPS) is 10.3. The van der Waals surface area contributed by atoms with Crippen LogP contribution in [0.3, 0.4) is 0 Å².